The molecule has 2 aromatic carbocycles. The van der Waals surface area contributed by atoms with Gasteiger partial charge in [0.25, 0.3) is 0 Å². The highest BCUT2D eigenvalue weighted by molar-refractivity contribution is 5.94. The zero-order valence-electron chi connectivity index (χ0n) is 24.1. The van der Waals surface area contributed by atoms with Crippen LogP contribution in [0.15, 0.2) is 71.4 Å². The van der Waals surface area contributed by atoms with Crippen LogP contribution in [-0.2, 0) is 0 Å². The maximum Gasteiger partial charge on any atom is 0.159 e. The van der Waals surface area contributed by atoms with Crippen molar-refractivity contribution in [2.24, 2.45) is 16.6 Å². The lowest BCUT2D eigenvalue weighted by Crippen LogP contribution is -2.09. The van der Waals surface area contributed by atoms with E-state index in [1.165, 1.54) is 47.9 Å². The van der Waals surface area contributed by atoms with E-state index in [1.807, 2.05) is 44.3 Å². The van der Waals surface area contributed by atoms with Crippen LogP contribution >= 0.6 is 0 Å². The molecule has 0 aliphatic carbocycles. The Kier molecular flexibility index (Phi) is 18.8. The molecule has 0 heterocycles. The number of ketones is 1. The third-order valence-corrected chi connectivity index (χ3v) is 5.75. The van der Waals surface area contributed by atoms with E-state index in [-0.39, 0.29) is 5.78 Å². The zero-order valence-corrected chi connectivity index (χ0v) is 24.1. The fraction of sp³-hybridized carbons (Fsp3) is 0.455. The van der Waals surface area contributed by atoms with Crippen LogP contribution in [0.2, 0.25) is 0 Å². The van der Waals surface area contributed by atoms with Crippen molar-refractivity contribution in [3.05, 3.63) is 88.6 Å². The summed E-state index contributed by atoms with van der Waals surface area (Å²) in [5.41, 5.74) is 12.2. The first-order valence-corrected chi connectivity index (χ1v) is 13.4. The largest absolute Gasteiger partial charge is 0.330 e. The van der Waals surface area contributed by atoms with Crippen molar-refractivity contribution >= 4 is 17.6 Å². The predicted molar refractivity (Wildman–Crippen MR) is 161 cm³/mol. The molecule has 0 radical (unpaired) electrons. The fourth-order valence-corrected chi connectivity index (χ4v) is 3.04. The Balaban J connectivity index is 0.000000572. The number of nitrogens with zero attached hydrogens (tertiary/aromatic N) is 1. The van der Waals surface area contributed by atoms with Gasteiger partial charge in [0.15, 0.2) is 5.78 Å². The number of rotatable bonds is 10. The van der Waals surface area contributed by atoms with E-state index in [0.717, 1.165) is 30.1 Å². The summed E-state index contributed by atoms with van der Waals surface area (Å²) in [5.74, 6) is 0.856. The van der Waals surface area contributed by atoms with Gasteiger partial charge in [-0.1, -0.05) is 106 Å². The van der Waals surface area contributed by atoms with Crippen molar-refractivity contribution in [3.63, 3.8) is 0 Å². The lowest BCUT2D eigenvalue weighted by atomic mass is 10.1. The third kappa shape index (κ3) is 16.8. The molecule has 0 aromatic heterocycles. The molecule has 3 nitrogen and oxygen atoms in total. The van der Waals surface area contributed by atoms with Crippen LogP contribution in [0.25, 0.3) is 5.57 Å². The van der Waals surface area contributed by atoms with E-state index >= 15 is 0 Å². The molecule has 0 amide bonds. The molecule has 0 bridgehead atoms. The average Bonchev–Trinajstić information content (AvgIpc) is 2.87. The van der Waals surface area contributed by atoms with Crippen molar-refractivity contribution in [1.29, 1.82) is 0 Å². The first-order valence-electron chi connectivity index (χ1n) is 13.4. The van der Waals surface area contributed by atoms with Gasteiger partial charge in [-0.15, -0.1) is 0 Å². The summed E-state index contributed by atoms with van der Waals surface area (Å²) in [6, 6.07) is 16.1. The van der Waals surface area contributed by atoms with Gasteiger partial charge in [0.2, 0.25) is 0 Å². The molecule has 0 aliphatic heterocycles. The zero-order chi connectivity index (χ0) is 27.3. The lowest BCUT2D eigenvalue weighted by Gasteiger charge is -2.04. The van der Waals surface area contributed by atoms with Crippen molar-refractivity contribution in [3.8, 4) is 0 Å². The third-order valence-electron chi connectivity index (χ3n) is 5.75. The van der Waals surface area contributed by atoms with E-state index < -0.39 is 0 Å². The molecule has 0 aliphatic rings. The van der Waals surface area contributed by atoms with Crippen molar-refractivity contribution in [1.82, 2.24) is 0 Å². The standard InChI is InChI=1S/C17H23N.C9H10O.C7H17N/c1-5-6-7-16(4)18-13-12-15(3)17-10-8-14(2)9-11-17;1-7-3-5-9(6-4-7)8(2)10;1-3-4-5-7(2)6-8/h7-13H,5-6H2,1-4H3;3-6H,1-2H3;7H,3-6,8H2,1-2H3/b15-12+,16-7+,18-13+;;/t;;7-/m..1/s1. The highest BCUT2D eigenvalue weighted by atomic mass is 16.1. The SMILES string of the molecule is CC(=O)c1ccc(C)cc1.CCC/C=C(C)/N=C/C=C(\C)c1ccc(C)cc1.CCCC[C@@H](C)CN. The quantitative estimate of drug-likeness (QED) is 0.266. The number of carbonyl (C=O) groups excluding carboxylic acids is 1. The van der Waals surface area contributed by atoms with Crippen LogP contribution in [0.5, 0.6) is 0 Å². The minimum absolute atomic E-state index is 0.125. The number of aryl methyl sites for hydroxylation is 2. The normalized spacial score (nSPS) is 12.4. The van der Waals surface area contributed by atoms with Crippen LogP contribution in [-0.4, -0.2) is 18.5 Å². The summed E-state index contributed by atoms with van der Waals surface area (Å²) in [5, 5.41) is 0. The Bertz CT molecular complexity index is 935. The van der Waals surface area contributed by atoms with Gasteiger partial charge in [-0.05, 0) is 77.1 Å². The summed E-state index contributed by atoms with van der Waals surface area (Å²) < 4.78 is 0. The molecule has 36 heavy (non-hydrogen) atoms. The number of hydrogen-bond donors (Lipinski definition) is 1. The summed E-state index contributed by atoms with van der Waals surface area (Å²) in [7, 11) is 0. The second-order valence-corrected chi connectivity index (χ2v) is 9.53. The number of Topliss-reactive ketones (excluding diaryl/α,β-unsaturated/α-hetero) is 1. The number of allylic oxidation sites excluding steroid dienone is 4. The van der Waals surface area contributed by atoms with Crippen LogP contribution in [0.4, 0.5) is 0 Å². The Hall–Kier alpha value is -2.78. The minimum atomic E-state index is 0.125. The Labute approximate surface area is 221 Å². The molecule has 0 spiro atoms. The van der Waals surface area contributed by atoms with Crippen LogP contribution < -0.4 is 5.73 Å². The Morgan fingerprint density at radius 2 is 1.42 bits per heavy atom. The van der Waals surface area contributed by atoms with Crippen molar-refractivity contribution < 1.29 is 4.79 Å². The Morgan fingerprint density at radius 1 is 0.889 bits per heavy atom. The summed E-state index contributed by atoms with van der Waals surface area (Å²) in [4.78, 5) is 15.2. The van der Waals surface area contributed by atoms with E-state index in [1.54, 1.807) is 6.92 Å². The van der Waals surface area contributed by atoms with Gasteiger partial charge in [-0.3, -0.25) is 9.79 Å². The number of carbonyl (C=O) groups is 1. The van der Waals surface area contributed by atoms with Crippen LogP contribution in [0.1, 0.15) is 101 Å². The number of unbranched alkanes of at least 4 members (excludes halogenated alkanes) is 2. The van der Waals surface area contributed by atoms with E-state index in [4.69, 9.17) is 5.73 Å². The van der Waals surface area contributed by atoms with Crippen LogP contribution in [0, 0.1) is 19.8 Å². The Morgan fingerprint density at radius 3 is 1.86 bits per heavy atom. The second kappa shape index (κ2) is 20.4. The highest BCUT2D eigenvalue weighted by Crippen LogP contribution is 2.13. The lowest BCUT2D eigenvalue weighted by molar-refractivity contribution is 0.101. The van der Waals surface area contributed by atoms with Crippen molar-refractivity contribution in [2.45, 2.75) is 87.5 Å². The maximum absolute atomic E-state index is 10.8. The molecule has 1 atom stereocenters. The number of nitrogens with two attached hydrogens (primary N) is 1. The van der Waals surface area contributed by atoms with Gasteiger partial charge >= 0.3 is 0 Å². The summed E-state index contributed by atoms with van der Waals surface area (Å²) in [6.07, 6.45) is 12.3. The molecule has 0 saturated heterocycles. The first kappa shape index (κ1) is 33.2. The molecular formula is C33H50N2O. The van der Waals surface area contributed by atoms with E-state index in [2.05, 4.69) is 76.0 Å². The summed E-state index contributed by atoms with van der Waals surface area (Å²) >= 11 is 0. The molecule has 0 saturated carbocycles. The molecule has 2 aromatic rings. The van der Waals surface area contributed by atoms with Gasteiger partial charge in [-0.2, -0.15) is 0 Å². The predicted octanol–water partition coefficient (Wildman–Crippen LogP) is 9.14. The maximum atomic E-state index is 10.8. The van der Waals surface area contributed by atoms with Gasteiger partial charge in [0, 0.05) is 17.5 Å². The molecule has 0 fully saturated rings. The molecule has 2 N–H and O–H groups in total. The monoisotopic (exact) mass is 490 g/mol. The van der Waals surface area contributed by atoms with Gasteiger partial charge in [0.05, 0.1) is 0 Å². The van der Waals surface area contributed by atoms with E-state index in [9.17, 15) is 4.79 Å². The first-order chi connectivity index (χ1) is 17.1. The number of aliphatic imine (C=N–C) groups is 1. The van der Waals surface area contributed by atoms with Crippen LogP contribution in [0.3, 0.4) is 0 Å². The second-order valence-electron chi connectivity index (χ2n) is 9.53. The highest BCUT2D eigenvalue weighted by Gasteiger charge is 1.96. The van der Waals surface area contributed by atoms with Gasteiger partial charge < -0.3 is 5.73 Å². The van der Waals surface area contributed by atoms with Crippen molar-refractivity contribution in [2.75, 3.05) is 6.54 Å². The molecule has 0 unspecified atom stereocenters. The molecular weight excluding hydrogens is 440 g/mol. The number of hydrogen-bond acceptors (Lipinski definition) is 3. The number of benzene rings is 2. The van der Waals surface area contributed by atoms with Gasteiger partial charge in [0.1, 0.15) is 0 Å². The topological polar surface area (TPSA) is 55.5 Å². The molecule has 198 valence electrons. The molecule has 2 rings (SSSR count). The average molecular weight is 491 g/mol. The van der Waals surface area contributed by atoms with E-state index in [0.29, 0.717) is 0 Å². The smallest absolute Gasteiger partial charge is 0.159 e. The van der Waals surface area contributed by atoms with Gasteiger partial charge in [-0.25, -0.2) is 0 Å². The summed E-state index contributed by atoms with van der Waals surface area (Å²) in [6.45, 7) is 17.3. The minimum Gasteiger partial charge on any atom is -0.330 e. The molecule has 3 heteroatoms. The fourth-order valence-electron chi connectivity index (χ4n) is 3.04.